The molecule has 1 unspecified atom stereocenters. The van der Waals surface area contributed by atoms with Gasteiger partial charge in [-0.25, -0.2) is 0 Å². The lowest BCUT2D eigenvalue weighted by molar-refractivity contribution is -0.143. The number of likely N-dealkylation sites (tertiary alicyclic amines) is 2. The number of carbonyl (C=O) groups is 2. The second-order valence-electron chi connectivity index (χ2n) is 6.65. The summed E-state index contributed by atoms with van der Waals surface area (Å²) in [5.74, 6) is 0.179. The van der Waals surface area contributed by atoms with Gasteiger partial charge >= 0.3 is 0 Å². The Morgan fingerprint density at radius 1 is 1.14 bits per heavy atom. The maximum atomic E-state index is 12.2. The number of hydrogen-bond acceptors (Lipinski definition) is 4. The van der Waals surface area contributed by atoms with Crippen molar-refractivity contribution in [3.8, 4) is 0 Å². The largest absolute Gasteiger partial charge is 0.339 e. The molecule has 1 atom stereocenters. The van der Waals surface area contributed by atoms with Crippen molar-refractivity contribution in [1.29, 1.82) is 0 Å². The Bertz CT molecular complexity index is 323. The molecule has 0 radical (unpaired) electrons. The highest BCUT2D eigenvalue weighted by molar-refractivity contribution is 5.82. The quantitative estimate of drug-likeness (QED) is 0.731. The molecular weight excluding hydrogens is 266 g/mol. The summed E-state index contributed by atoms with van der Waals surface area (Å²) in [6.45, 7) is 3.04. The molecule has 0 aromatic heterocycles. The van der Waals surface area contributed by atoms with E-state index in [1.807, 2.05) is 30.9 Å². The van der Waals surface area contributed by atoms with Crippen LogP contribution in [0, 0.1) is 5.92 Å². The molecule has 0 N–H and O–H groups in total. The second-order valence-corrected chi connectivity index (χ2v) is 6.65. The highest BCUT2D eigenvalue weighted by Crippen LogP contribution is 2.25. The molecular formula is C16H31N3O2. The summed E-state index contributed by atoms with van der Waals surface area (Å²) in [6, 6.07) is 0.410. The fraction of sp³-hybridized carbons (Fsp3) is 0.875. The Morgan fingerprint density at radius 3 is 2.24 bits per heavy atom. The molecule has 0 bridgehead atoms. The van der Waals surface area contributed by atoms with Crippen LogP contribution in [0.5, 0.6) is 0 Å². The molecule has 0 aromatic rings. The summed E-state index contributed by atoms with van der Waals surface area (Å²) >= 11 is 0. The number of piperidine rings is 2. The standard InChI is InChI=1S/C13H22N2O2.C3H9N/c1-14-8-4-12(5-9-14)15-7-2-3-11(6-10-16)13(15)17;1-4(2)3/h10-12H,2-9H2,1H3;1-3H3. The fourth-order valence-corrected chi connectivity index (χ4v) is 2.98. The summed E-state index contributed by atoms with van der Waals surface area (Å²) in [4.78, 5) is 29.2. The lowest BCUT2D eigenvalue weighted by Gasteiger charge is -2.41. The molecule has 2 rings (SSSR count). The molecule has 0 aromatic carbocycles. The van der Waals surface area contributed by atoms with Crippen molar-refractivity contribution in [3.63, 3.8) is 0 Å². The van der Waals surface area contributed by atoms with Crippen LogP contribution < -0.4 is 0 Å². The zero-order valence-corrected chi connectivity index (χ0v) is 14.0. The maximum absolute atomic E-state index is 12.2. The molecule has 0 aliphatic carbocycles. The Balaban J connectivity index is 0.000000491. The SMILES string of the molecule is CN(C)C.CN1CCC(N2CCCC(CC=O)C2=O)CC1. The molecule has 5 heteroatoms. The molecule has 5 nitrogen and oxygen atoms in total. The van der Waals surface area contributed by atoms with Crippen LogP contribution >= 0.6 is 0 Å². The van der Waals surface area contributed by atoms with Crippen molar-refractivity contribution in [2.75, 3.05) is 47.8 Å². The van der Waals surface area contributed by atoms with Crippen molar-refractivity contribution in [2.45, 2.75) is 38.1 Å². The van der Waals surface area contributed by atoms with Crippen LogP contribution in [-0.4, -0.2) is 80.8 Å². The molecule has 21 heavy (non-hydrogen) atoms. The zero-order chi connectivity index (χ0) is 15.8. The highest BCUT2D eigenvalue weighted by atomic mass is 16.2. The first-order valence-electron chi connectivity index (χ1n) is 7.99. The van der Waals surface area contributed by atoms with E-state index in [1.165, 1.54) is 0 Å². The summed E-state index contributed by atoms with van der Waals surface area (Å²) in [5, 5.41) is 0. The van der Waals surface area contributed by atoms with Gasteiger partial charge in [-0.05, 0) is 67.0 Å². The van der Waals surface area contributed by atoms with Crippen LogP contribution in [0.1, 0.15) is 32.1 Å². The Kier molecular flexibility index (Phi) is 7.89. The summed E-state index contributed by atoms with van der Waals surface area (Å²) in [5.41, 5.74) is 0. The maximum Gasteiger partial charge on any atom is 0.226 e. The van der Waals surface area contributed by atoms with Gasteiger partial charge in [0, 0.05) is 24.9 Å². The highest BCUT2D eigenvalue weighted by Gasteiger charge is 2.33. The minimum atomic E-state index is -0.0408. The topological polar surface area (TPSA) is 43.9 Å². The van der Waals surface area contributed by atoms with E-state index >= 15 is 0 Å². The minimum absolute atomic E-state index is 0.0408. The number of carbonyl (C=O) groups excluding carboxylic acids is 2. The van der Waals surface area contributed by atoms with Gasteiger partial charge in [-0.2, -0.15) is 0 Å². The zero-order valence-electron chi connectivity index (χ0n) is 14.0. The van der Waals surface area contributed by atoms with Gasteiger partial charge in [-0.15, -0.1) is 0 Å². The third kappa shape index (κ3) is 6.14. The first-order chi connectivity index (χ1) is 9.95. The van der Waals surface area contributed by atoms with Gasteiger partial charge in [-0.1, -0.05) is 0 Å². The lowest BCUT2D eigenvalue weighted by atomic mass is 9.91. The minimum Gasteiger partial charge on any atom is -0.339 e. The van der Waals surface area contributed by atoms with E-state index in [2.05, 4.69) is 11.9 Å². The predicted molar refractivity (Wildman–Crippen MR) is 85.2 cm³/mol. The van der Waals surface area contributed by atoms with E-state index in [4.69, 9.17) is 0 Å². The summed E-state index contributed by atoms with van der Waals surface area (Å²) in [7, 11) is 8.13. The van der Waals surface area contributed by atoms with Crippen LogP contribution in [0.25, 0.3) is 0 Å². The van der Waals surface area contributed by atoms with Gasteiger partial charge in [0.25, 0.3) is 0 Å². The molecule has 2 aliphatic rings. The summed E-state index contributed by atoms with van der Waals surface area (Å²) < 4.78 is 0. The monoisotopic (exact) mass is 297 g/mol. The van der Waals surface area contributed by atoms with Crippen molar-refractivity contribution in [2.24, 2.45) is 5.92 Å². The third-order valence-corrected chi connectivity index (χ3v) is 4.09. The Morgan fingerprint density at radius 2 is 1.71 bits per heavy atom. The molecule has 0 spiro atoms. The molecule has 0 saturated carbocycles. The van der Waals surface area contributed by atoms with Crippen molar-refractivity contribution in [3.05, 3.63) is 0 Å². The number of aldehydes is 1. The normalized spacial score (nSPS) is 24.7. The van der Waals surface area contributed by atoms with Gasteiger partial charge in [0.1, 0.15) is 6.29 Å². The van der Waals surface area contributed by atoms with Crippen LogP contribution in [0.2, 0.25) is 0 Å². The van der Waals surface area contributed by atoms with E-state index in [0.29, 0.717) is 12.5 Å². The van der Waals surface area contributed by atoms with Gasteiger partial charge in [-0.3, -0.25) is 4.79 Å². The lowest BCUT2D eigenvalue weighted by Crippen LogP contribution is -2.51. The Labute approximate surface area is 129 Å². The number of hydrogen-bond donors (Lipinski definition) is 0. The van der Waals surface area contributed by atoms with Crippen LogP contribution in [-0.2, 0) is 9.59 Å². The average Bonchev–Trinajstić information content (AvgIpc) is 2.42. The van der Waals surface area contributed by atoms with Crippen LogP contribution in [0.4, 0.5) is 0 Å². The van der Waals surface area contributed by atoms with Crippen molar-refractivity contribution >= 4 is 12.2 Å². The number of amides is 1. The van der Waals surface area contributed by atoms with Crippen molar-refractivity contribution < 1.29 is 9.59 Å². The van der Waals surface area contributed by atoms with Gasteiger partial charge in [0.15, 0.2) is 0 Å². The van der Waals surface area contributed by atoms with E-state index in [1.54, 1.807) is 0 Å². The first-order valence-corrected chi connectivity index (χ1v) is 7.99. The van der Waals surface area contributed by atoms with Crippen molar-refractivity contribution in [1.82, 2.24) is 14.7 Å². The first kappa shape index (κ1) is 18.1. The molecule has 2 aliphatic heterocycles. The van der Waals surface area contributed by atoms with E-state index < -0.39 is 0 Å². The average molecular weight is 297 g/mol. The molecule has 122 valence electrons. The van der Waals surface area contributed by atoms with Gasteiger partial charge < -0.3 is 19.5 Å². The number of rotatable bonds is 3. The summed E-state index contributed by atoms with van der Waals surface area (Å²) in [6.07, 6.45) is 5.39. The van der Waals surface area contributed by atoms with Gasteiger partial charge in [0.05, 0.1) is 0 Å². The molecule has 2 heterocycles. The van der Waals surface area contributed by atoms with E-state index in [9.17, 15) is 9.59 Å². The van der Waals surface area contributed by atoms with Crippen LogP contribution in [0.3, 0.4) is 0 Å². The van der Waals surface area contributed by atoms with Gasteiger partial charge in [0.2, 0.25) is 5.91 Å². The van der Waals surface area contributed by atoms with Crippen LogP contribution in [0.15, 0.2) is 0 Å². The second kappa shape index (κ2) is 9.15. The molecule has 2 fully saturated rings. The van der Waals surface area contributed by atoms with E-state index in [-0.39, 0.29) is 11.8 Å². The Hall–Kier alpha value is -0.940. The van der Waals surface area contributed by atoms with E-state index in [0.717, 1.165) is 51.6 Å². The number of nitrogens with zero attached hydrogens (tertiary/aromatic N) is 3. The molecule has 2 saturated heterocycles. The molecule has 1 amide bonds. The smallest absolute Gasteiger partial charge is 0.226 e. The fourth-order valence-electron chi connectivity index (χ4n) is 2.98. The third-order valence-electron chi connectivity index (χ3n) is 4.09. The predicted octanol–water partition coefficient (Wildman–Crippen LogP) is 1.09.